The minimum Gasteiger partial charge on any atom is -0.363 e. The number of hydrogen-bond donors (Lipinski definition) is 2. The van der Waals surface area contributed by atoms with Gasteiger partial charge in [-0.15, -0.1) is 24.0 Å². The lowest BCUT2D eigenvalue weighted by Gasteiger charge is -2.13. The van der Waals surface area contributed by atoms with Crippen LogP contribution in [0.3, 0.4) is 0 Å². The predicted molar refractivity (Wildman–Crippen MR) is 99.5 cm³/mol. The third-order valence-corrected chi connectivity index (χ3v) is 3.46. The van der Waals surface area contributed by atoms with Gasteiger partial charge in [-0.05, 0) is 37.0 Å². The lowest BCUT2D eigenvalue weighted by molar-refractivity contribution is 0.766. The molecule has 1 saturated carbocycles. The lowest BCUT2D eigenvalue weighted by atomic mass is 10.2. The topological polar surface area (TPSA) is 52.6 Å². The fraction of sp³-hybridized carbons (Fsp3) is 0.600. The number of hydrogen-bond acceptors (Lipinski definition) is 3. The molecule has 0 radical (unpaired) electrons. The third-order valence-electron chi connectivity index (χ3n) is 3.46. The molecular formula is C15H26IN5. The summed E-state index contributed by atoms with van der Waals surface area (Å²) in [6, 6.07) is 4.68. The van der Waals surface area contributed by atoms with Crippen molar-refractivity contribution in [2.24, 2.45) is 10.9 Å². The van der Waals surface area contributed by atoms with Gasteiger partial charge in [-0.1, -0.05) is 6.92 Å². The van der Waals surface area contributed by atoms with E-state index in [0.717, 1.165) is 24.2 Å². The normalized spacial score (nSPS) is 20.5. The van der Waals surface area contributed by atoms with Gasteiger partial charge in [0.2, 0.25) is 0 Å². The van der Waals surface area contributed by atoms with Crippen LogP contribution >= 0.6 is 24.0 Å². The lowest BCUT2D eigenvalue weighted by Crippen LogP contribution is -2.39. The standard InChI is InChI=1S/C15H25N5.HI/c1-5-16-15(19-13-8-11(13)2)18-10-12-6-7-17-14(9-12)20(3)4;/h6-7,9,11,13H,5,8,10H2,1-4H3,(H2,16,18,19);1H. The molecule has 2 unspecified atom stereocenters. The second-order valence-electron chi connectivity index (χ2n) is 5.58. The highest BCUT2D eigenvalue weighted by atomic mass is 127. The minimum absolute atomic E-state index is 0. The molecule has 6 heteroatoms. The molecule has 1 aliphatic rings. The van der Waals surface area contributed by atoms with E-state index in [1.807, 2.05) is 31.3 Å². The quantitative estimate of drug-likeness (QED) is 0.450. The molecular weight excluding hydrogens is 377 g/mol. The smallest absolute Gasteiger partial charge is 0.191 e. The molecule has 1 aliphatic carbocycles. The summed E-state index contributed by atoms with van der Waals surface area (Å²) in [6.45, 7) is 5.89. The zero-order valence-electron chi connectivity index (χ0n) is 13.3. The number of aromatic nitrogens is 1. The zero-order valence-corrected chi connectivity index (χ0v) is 15.6. The molecule has 1 heterocycles. The Morgan fingerprint density at radius 1 is 1.48 bits per heavy atom. The van der Waals surface area contributed by atoms with Crippen LogP contribution in [-0.4, -0.2) is 37.6 Å². The van der Waals surface area contributed by atoms with Crippen molar-refractivity contribution in [3.05, 3.63) is 23.9 Å². The summed E-state index contributed by atoms with van der Waals surface area (Å²) in [4.78, 5) is 11.0. The molecule has 118 valence electrons. The Morgan fingerprint density at radius 2 is 2.19 bits per heavy atom. The second-order valence-corrected chi connectivity index (χ2v) is 5.58. The summed E-state index contributed by atoms with van der Waals surface area (Å²) in [5, 5.41) is 6.76. The summed E-state index contributed by atoms with van der Waals surface area (Å²) < 4.78 is 0. The fourth-order valence-electron chi connectivity index (χ4n) is 1.99. The minimum atomic E-state index is 0. The van der Waals surface area contributed by atoms with Gasteiger partial charge in [0.05, 0.1) is 6.54 Å². The van der Waals surface area contributed by atoms with E-state index >= 15 is 0 Å². The van der Waals surface area contributed by atoms with Gasteiger partial charge in [-0.3, -0.25) is 0 Å². The molecule has 0 aromatic carbocycles. The Labute approximate surface area is 144 Å². The van der Waals surface area contributed by atoms with Gasteiger partial charge in [0.15, 0.2) is 5.96 Å². The van der Waals surface area contributed by atoms with Gasteiger partial charge in [-0.2, -0.15) is 0 Å². The van der Waals surface area contributed by atoms with Crippen LogP contribution in [0.15, 0.2) is 23.3 Å². The van der Waals surface area contributed by atoms with Crippen molar-refractivity contribution in [2.75, 3.05) is 25.5 Å². The molecule has 0 bridgehead atoms. The number of nitrogens with zero attached hydrogens (tertiary/aromatic N) is 3. The maximum Gasteiger partial charge on any atom is 0.191 e. The summed E-state index contributed by atoms with van der Waals surface area (Å²) in [5.41, 5.74) is 1.17. The molecule has 21 heavy (non-hydrogen) atoms. The number of anilines is 1. The van der Waals surface area contributed by atoms with E-state index in [1.165, 1.54) is 12.0 Å². The zero-order chi connectivity index (χ0) is 14.5. The molecule has 0 spiro atoms. The maximum absolute atomic E-state index is 4.65. The van der Waals surface area contributed by atoms with Gasteiger partial charge in [0.1, 0.15) is 5.82 Å². The van der Waals surface area contributed by atoms with Crippen LogP contribution in [0.1, 0.15) is 25.8 Å². The molecule has 1 aromatic heterocycles. The number of pyridine rings is 1. The number of nitrogens with one attached hydrogen (secondary N) is 2. The molecule has 5 nitrogen and oxygen atoms in total. The Hall–Kier alpha value is -1.05. The number of halogens is 1. The van der Waals surface area contributed by atoms with E-state index in [0.29, 0.717) is 12.6 Å². The van der Waals surface area contributed by atoms with Crippen molar-refractivity contribution in [1.29, 1.82) is 0 Å². The van der Waals surface area contributed by atoms with E-state index < -0.39 is 0 Å². The molecule has 1 fully saturated rings. The molecule has 0 amide bonds. The van der Waals surface area contributed by atoms with Crippen molar-refractivity contribution in [3.63, 3.8) is 0 Å². The first-order valence-electron chi connectivity index (χ1n) is 7.27. The second kappa shape index (κ2) is 8.41. The Balaban J connectivity index is 0.00000220. The first-order valence-corrected chi connectivity index (χ1v) is 7.27. The fourth-order valence-corrected chi connectivity index (χ4v) is 1.99. The Bertz CT molecular complexity index is 475. The van der Waals surface area contributed by atoms with Gasteiger partial charge >= 0.3 is 0 Å². The maximum atomic E-state index is 4.65. The van der Waals surface area contributed by atoms with Crippen molar-refractivity contribution >= 4 is 35.8 Å². The number of guanidine groups is 1. The molecule has 2 N–H and O–H groups in total. The molecule has 0 aliphatic heterocycles. The van der Waals surface area contributed by atoms with Crippen LogP contribution in [0.2, 0.25) is 0 Å². The van der Waals surface area contributed by atoms with E-state index in [9.17, 15) is 0 Å². The van der Waals surface area contributed by atoms with Crippen LogP contribution in [0.25, 0.3) is 0 Å². The highest BCUT2D eigenvalue weighted by Gasteiger charge is 2.33. The van der Waals surface area contributed by atoms with E-state index in [-0.39, 0.29) is 24.0 Å². The Kier molecular flexibility index (Phi) is 7.21. The van der Waals surface area contributed by atoms with Crippen LogP contribution in [0.4, 0.5) is 5.82 Å². The van der Waals surface area contributed by atoms with E-state index in [1.54, 1.807) is 0 Å². The molecule has 0 saturated heterocycles. The molecule has 2 atom stereocenters. The van der Waals surface area contributed by atoms with Crippen molar-refractivity contribution in [3.8, 4) is 0 Å². The van der Waals surface area contributed by atoms with Gasteiger partial charge < -0.3 is 15.5 Å². The first kappa shape index (κ1) is 18.0. The van der Waals surface area contributed by atoms with Crippen LogP contribution in [0, 0.1) is 5.92 Å². The van der Waals surface area contributed by atoms with Gasteiger partial charge in [0, 0.05) is 32.9 Å². The summed E-state index contributed by atoms with van der Waals surface area (Å²) in [7, 11) is 3.99. The van der Waals surface area contributed by atoms with Gasteiger partial charge in [0.25, 0.3) is 0 Å². The molecule has 2 rings (SSSR count). The number of aliphatic imine (C=N–C) groups is 1. The van der Waals surface area contributed by atoms with Crippen molar-refractivity contribution in [1.82, 2.24) is 15.6 Å². The van der Waals surface area contributed by atoms with Gasteiger partial charge in [-0.25, -0.2) is 9.98 Å². The Morgan fingerprint density at radius 3 is 2.76 bits per heavy atom. The highest BCUT2D eigenvalue weighted by molar-refractivity contribution is 14.0. The largest absolute Gasteiger partial charge is 0.363 e. The third kappa shape index (κ3) is 5.68. The van der Waals surface area contributed by atoms with Crippen LogP contribution < -0.4 is 15.5 Å². The SMILES string of the molecule is CCNC(=NCc1ccnc(N(C)C)c1)NC1CC1C.I. The highest BCUT2D eigenvalue weighted by Crippen LogP contribution is 2.28. The monoisotopic (exact) mass is 403 g/mol. The van der Waals surface area contributed by atoms with Crippen molar-refractivity contribution < 1.29 is 0 Å². The summed E-state index contributed by atoms with van der Waals surface area (Å²) in [6.07, 6.45) is 3.08. The average Bonchev–Trinajstić information content (AvgIpc) is 3.12. The summed E-state index contributed by atoms with van der Waals surface area (Å²) in [5.74, 6) is 2.64. The van der Waals surface area contributed by atoms with E-state index in [2.05, 4.69) is 40.5 Å². The molecule has 1 aromatic rings. The number of rotatable bonds is 5. The van der Waals surface area contributed by atoms with Crippen molar-refractivity contribution in [2.45, 2.75) is 32.9 Å². The average molecular weight is 403 g/mol. The summed E-state index contributed by atoms with van der Waals surface area (Å²) >= 11 is 0. The predicted octanol–water partition coefficient (Wildman–Crippen LogP) is 2.23. The van der Waals surface area contributed by atoms with E-state index in [4.69, 9.17) is 0 Å². The first-order chi connectivity index (χ1) is 9.60. The van der Waals surface area contributed by atoms with Crippen LogP contribution in [0.5, 0.6) is 0 Å². The van der Waals surface area contributed by atoms with Crippen LogP contribution in [-0.2, 0) is 6.54 Å².